The lowest BCUT2D eigenvalue weighted by Crippen LogP contribution is -2.71. The first-order valence-electron chi connectivity index (χ1n) is 28.5. The molecule has 11 N–H and O–H groups in total. The van der Waals surface area contributed by atoms with Gasteiger partial charge in [-0.1, -0.05) is 73.1 Å². The van der Waals surface area contributed by atoms with Crippen molar-refractivity contribution in [2.75, 3.05) is 13.2 Å². The topological polar surface area (TPSA) is 348 Å². The third kappa shape index (κ3) is 9.97. The number of hydrogen-bond acceptors (Lipinski definition) is 21. The van der Waals surface area contributed by atoms with Crippen molar-refractivity contribution in [1.29, 1.82) is 0 Å². The van der Waals surface area contributed by atoms with Crippen molar-refractivity contribution in [2.24, 2.45) is 50.2 Å². The van der Waals surface area contributed by atoms with Crippen LogP contribution < -0.4 is 0 Å². The molecule has 3 heterocycles. The van der Waals surface area contributed by atoms with Gasteiger partial charge < -0.3 is 94.1 Å². The van der Waals surface area contributed by atoms with Gasteiger partial charge >= 0.3 is 17.9 Å². The Morgan fingerprint density at radius 2 is 1.25 bits per heavy atom. The monoisotopic (exact) mass is 1130 g/mol. The second-order valence-electron chi connectivity index (χ2n) is 25.9. The molecular formula is C57H90O22. The lowest BCUT2D eigenvalue weighted by Gasteiger charge is -2.73. The average molecular weight is 1130 g/mol. The van der Waals surface area contributed by atoms with Gasteiger partial charge in [0.15, 0.2) is 25.0 Å². The van der Waals surface area contributed by atoms with Gasteiger partial charge in [-0.05, 0) is 111 Å². The predicted molar refractivity (Wildman–Crippen MR) is 275 cm³/mol. The molecule has 27 atom stereocenters. The third-order valence-electron chi connectivity index (χ3n) is 21.8. The number of ether oxygens (including phenoxy) is 8. The minimum Gasteiger partial charge on any atom is -0.479 e. The Morgan fingerprint density at radius 1 is 0.671 bits per heavy atom. The maximum absolute atomic E-state index is 13.5. The minimum absolute atomic E-state index is 0.0162. The molecule has 3 aliphatic heterocycles. The van der Waals surface area contributed by atoms with Crippen LogP contribution in [0.15, 0.2) is 23.3 Å². The summed E-state index contributed by atoms with van der Waals surface area (Å²) >= 11 is 0. The Bertz CT molecular complexity index is 2290. The van der Waals surface area contributed by atoms with Crippen LogP contribution in [0.5, 0.6) is 0 Å². The molecule has 22 nitrogen and oxygen atoms in total. The predicted octanol–water partition coefficient (Wildman–Crippen LogP) is 1.51. The molecule has 0 spiro atoms. The normalized spacial score (nSPS) is 50.6. The zero-order valence-electron chi connectivity index (χ0n) is 47.5. The van der Waals surface area contributed by atoms with Crippen LogP contribution in [0.1, 0.15) is 134 Å². The molecule has 0 bridgehead atoms. The van der Waals surface area contributed by atoms with Crippen LogP contribution in [0.2, 0.25) is 0 Å². The van der Waals surface area contributed by atoms with E-state index in [9.17, 15) is 70.6 Å². The van der Waals surface area contributed by atoms with Gasteiger partial charge in [0.2, 0.25) is 0 Å². The van der Waals surface area contributed by atoms with Crippen molar-refractivity contribution in [1.82, 2.24) is 0 Å². The average Bonchev–Trinajstić information content (AvgIpc) is 3.25. The summed E-state index contributed by atoms with van der Waals surface area (Å²) in [6.07, 6.45) is -22.0. The molecule has 450 valence electrons. The van der Waals surface area contributed by atoms with Crippen LogP contribution in [0.4, 0.5) is 0 Å². The number of aliphatic carboxylic acids is 1. The quantitative estimate of drug-likeness (QED) is 0.0508. The van der Waals surface area contributed by atoms with Crippen LogP contribution in [-0.2, 0) is 52.3 Å². The number of carboxylic acid groups (broad SMARTS) is 1. The van der Waals surface area contributed by atoms with E-state index in [4.69, 9.17) is 37.9 Å². The van der Waals surface area contributed by atoms with E-state index < -0.39 is 169 Å². The summed E-state index contributed by atoms with van der Waals surface area (Å²) in [7, 11) is 0. The summed E-state index contributed by atoms with van der Waals surface area (Å²) in [5, 5.41) is 120. The van der Waals surface area contributed by atoms with Crippen LogP contribution in [0.3, 0.4) is 0 Å². The standard InChI is InChI=1S/C57H90O22/c1-12-25(4)48(71)79-45-46(72-26(5)60)57(14-3)28(21-52(45,6)7)27-15-16-32-54(9)19-18-34(53(8,13-2)31(54)17-20-55(32,10)56(27,11)22-33(57)61)75-51-43(77-50-40(67)38(65)36(63)30(24-59)74-50)41(68)42(44(78-51)47(69)70)76-49-39(66)37(64)35(62)29(23-58)73-49/h12,15,28-46,49-51,58-59,61-68H,13-14,16-24H2,1-11H3,(H,69,70)/t28?,29?,30?,31?,32?,33-,34+,35-,36-,37-,38-,39?,40?,41-,42+,43?,44?,45+,46+,49+,50+,51-,53-,54+,55-,56-,57+/m1/s1. The first-order valence-corrected chi connectivity index (χ1v) is 28.5. The van der Waals surface area contributed by atoms with E-state index in [1.54, 1.807) is 19.9 Å². The Morgan fingerprint density at radius 3 is 1.77 bits per heavy atom. The number of rotatable bonds is 14. The molecule has 22 heteroatoms. The first-order chi connectivity index (χ1) is 36.9. The van der Waals surface area contributed by atoms with E-state index >= 15 is 0 Å². The molecule has 0 amide bonds. The molecule has 5 aliphatic carbocycles. The van der Waals surface area contributed by atoms with Crippen molar-refractivity contribution in [2.45, 2.75) is 250 Å². The second-order valence-corrected chi connectivity index (χ2v) is 25.9. The van der Waals surface area contributed by atoms with E-state index in [0.29, 0.717) is 50.5 Å². The van der Waals surface area contributed by atoms with E-state index in [2.05, 4.69) is 40.7 Å². The molecular weight excluding hydrogens is 1040 g/mol. The molecule has 4 saturated carbocycles. The number of hydrogen-bond donors (Lipinski definition) is 11. The Balaban J connectivity index is 1.12. The van der Waals surface area contributed by atoms with Crippen molar-refractivity contribution in [3.63, 3.8) is 0 Å². The van der Waals surface area contributed by atoms with Gasteiger partial charge in [-0.15, -0.1) is 0 Å². The van der Waals surface area contributed by atoms with Crippen LogP contribution >= 0.6 is 0 Å². The van der Waals surface area contributed by atoms with Crippen LogP contribution in [0, 0.1) is 50.2 Å². The number of carbonyl (C=O) groups excluding carboxylic acids is 2. The van der Waals surface area contributed by atoms with Crippen molar-refractivity contribution >= 4 is 17.9 Å². The van der Waals surface area contributed by atoms with Crippen LogP contribution in [-0.4, -0.2) is 204 Å². The lowest BCUT2D eigenvalue weighted by molar-refractivity contribution is -0.391. The molecule has 0 aromatic rings. The molecule has 0 aromatic heterocycles. The highest BCUT2D eigenvalue weighted by atomic mass is 16.8. The Labute approximate surface area is 462 Å². The summed E-state index contributed by atoms with van der Waals surface area (Å²) < 4.78 is 49.0. The molecule has 8 rings (SSSR count). The number of carboxylic acids is 1. The van der Waals surface area contributed by atoms with Crippen LogP contribution in [0.25, 0.3) is 0 Å². The number of aliphatic hydroxyl groups excluding tert-OH is 10. The summed E-state index contributed by atoms with van der Waals surface area (Å²) in [5.41, 5.74) is -1.85. The zero-order valence-corrected chi connectivity index (χ0v) is 47.5. The van der Waals surface area contributed by atoms with E-state index in [-0.39, 0.29) is 28.6 Å². The molecule has 7 fully saturated rings. The molecule has 9 unspecified atom stereocenters. The van der Waals surface area contributed by atoms with Gasteiger partial charge in [0.25, 0.3) is 0 Å². The second kappa shape index (κ2) is 22.7. The first kappa shape index (κ1) is 62.3. The summed E-state index contributed by atoms with van der Waals surface area (Å²) in [4.78, 5) is 39.7. The number of fused-ring (bicyclic) bond motifs is 7. The summed E-state index contributed by atoms with van der Waals surface area (Å²) in [6.45, 7) is 20.4. The van der Waals surface area contributed by atoms with Gasteiger partial charge in [0, 0.05) is 23.3 Å². The molecule has 0 aromatic carbocycles. The number of esters is 2. The van der Waals surface area contributed by atoms with Crippen molar-refractivity contribution < 1.29 is 108 Å². The highest BCUT2D eigenvalue weighted by Crippen LogP contribution is 2.77. The highest BCUT2D eigenvalue weighted by Gasteiger charge is 2.74. The molecule has 8 aliphatic rings. The van der Waals surface area contributed by atoms with E-state index in [1.807, 2.05) is 20.8 Å². The molecule has 0 radical (unpaired) electrons. The van der Waals surface area contributed by atoms with Gasteiger partial charge in [0.05, 0.1) is 25.4 Å². The Kier molecular flexibility index (Phi) is 17.9. The fourth-order valence-electron chi connectivity index (χ4n) is 16.9. The van der Waals surface area contributed by atoms with Gasteiger partial charge in [-0.2, -0.15) is 0 Å². The van der Waals surface area contributed by atoms with Crippen molar-refractivity contribution in [3.05, 3.63) is 23.3 Å². The maximum atomic E-state index is 13.5. The molecule has 3 saturated heterocycles. The lowest BCUT2D eigenvalue weighted by atomic mass is 9.32. The van der Waals surface area contributed by atoms with Crippen molar-refractivity contribution in [3.8, 4) is 0 Å². The summed E-state index contributed by atoms with van der Waals surface area (Å²) in [5.74, 6) is -2.83. The van der Waals surface area contributed by atoms with Gasteiger partial charge in [-0.3, -0.25) is 4.79 Å². The molecule has 79 heavy (non-hydrogen) atoms. The maximum Gasteiger partial charge on any atom is 0.335 e. The largest absolute Gasteiger partial charge is 0.479 e. The number of carbonyl (C=O) groups is 3. The van der Waals surface area contributed by atoms with E-state index in [0.717, 1.165) is 12.8 Å². The SMILES string of the molecule is CC=C(C)C(=O)O[C@H]1[C@H](OC(C)=O)[C@@]2(CC)C(CC1(C)C)C1=CCC3[C@@]4(C)CC[C@H](O[C@@H]5OC(C(=O)O)[C@@H](O[C@@H]6OC(CO)[C@@H](O)[C@@H](O)C6O)[C@@H](O)C5O[C@@H]5OC(CO)[C@@H](O)[C@@H](O)C5O)[C@](C)(CC)C4CC[C@@]3(C)[C@]1(C)C[C@H]2O. The fourth-order valence-corrected chi connectivity index (χ4v) is 16.9. The number of allylic oxidation sites excluding steroid dienone is 3. The zero-order chi connectivity index (χ0) is 58.4. The summed E-state index contributed by atoms with van der Waals surface area (Å²) in [6, 6.07) is 0. The van der Waals surface area contributed by atoms with E-state index in [1.165, 1.54) is 12.5 Å². The Hall–Kier alpha value is -2.75. The highest BCUT2D eigenvalue weighted by molar-refractivity contribution is 5.87. The fraction of sp³-hybridized carbons (Fsp3) is 0.877. The third-order valence-corrected chi connectivity index (χ3v) is 21.8. The smallest absolute Gasteiger partial charge is 0.335 e. The van der Waals surface area contributed by atoms with Gasteiger partial charge in [0.1, 0.15) is 79.4 Å². The number of aliphatic hydroxyl groups is 10. The minimum atomic E-state index is -2.10. The van der Waals surface area contributed by atoms with Gasteiger partial charge in [-0.25, -0.2) is 9.59 Å².